The minimum absolute atomic E-state index is 0.0294. The standard InChI is InChI=1S/C10H7BrN2OS/c11-7-3-6(1-2-8(7)12)10(14)9-4-13-5-15-9/h1-5H,12H2. The molecule has 3 nitrogen and oxygen atoms in total. The number of rotatable bonds is 2. The molecule has 2 N–H and O–H groups in total. The van der Waals surface area contributed by atoms with E-state index in [4.69, 9.17) is 5.73 Å². The van der Waals surface area contributed by atoms with E-state index in [0.29, 0.717) is 16.1 Å². The highest BCUT2D eigenvalue weighted by molar-refractivity contribution is 9.10. The van der Waals surface area contributed by atoms with E-state index in [-0.39, 0.29) is 5.78 Å². The minimum Gasteiger partial charge on any atom is -0.398 e. The average molecular weight is 283 g/mol. The van der Waals surface area contributed by atoms with Crippen LogP contribution in [-0.4, -0.2) is 10.8 Å². The van der Waals surface area contributed by atoms with Crippen molar-refractivity contribution < 1.29 is 4.79 Å². The lowest BCUT2D eigenvalue weighted by Gasteiger charge is -2.01. The van der Waals surface area contributed by atoms with Crippen LogP contribution >= 0.6 is 27.3 Å². The lowest BCUT2D eigenvalue weighted by molar-refractivity contribution is 0.104. The summed E-state index contributed by atoms with van der Waals surface area (Å²) in [5, 5.41) is 0. The zero-order valence-corrected chi connectivity index (χ0v) is 10.0. The molecule has 0 fully saturated rings. The number of carbonyl (C=O) groups excluding carboxylic acids is 1. The van der Waals surface area contributed by atoms with Gasteiger partial charge in [-0.2, -0.15) is 0 Å². The van der Waals surface area contributed by atoms with Gasteiger partial charge in [-0.25, -0.2) is 0 Å². The largest absolute Gasteiger partial charge is 0.398 e. The van der Waals surface area contributed by atoms with E-state index >= 15 is 0 Å². The maximum atomic E-state index is 11.9. The van der Waals surface area contributed by atoms with Gasteiger partial charge in [0.2, 0.25) is 5.78 Å². The summed E-state index contributed by atoms with van der Waals surface area (Å²) in [6, 6.07) is 5.14. The third-order valence-corrected chi connectivity index (χ3v) is 3.38. The first kappa shape index (κ1) is 10.3. The molecule has 0 amide bonds. The summed E-state index contributed by atoms with van der Waals surface area (Å²) in [7, 11) is 0. The monoisotopic (exact) mass is 282 g/mol. The third kappa shape index (κ3) is 2.08. The Balaban J connectivity index is 2.39. The number of anilines is 1. The molecule has 1 aromatic heterocycles. The van der Waals surface area contributed by atoms with Crippen molar-refractivity contribution in [3.8, 4) is 0 Å². The number of halogens is 1. The highest BCUT2D eigenvalue weighted by atomic mass is 79.9. The second-order valence-corrected chi connectivity index (χ2v) is 4.67. The number of carbonyl (C=O) groups is 1. The lowest BCUT2D eigenvalue weighted by atomic mass is 10.1. The van der Waals surface area contributed by atoms with Gasteiger partial charge in [0.05, 0.1) is 10.4 Å². The molecule has 2 aromatic rings. The average Bonchev–Trinajstić information content (AvgIpc) is 2.74. The van der Waals surface area contributed by atoms with E-state index in [0.717, 1.165) is 4.47 Å². The van der Waals surface area contributed by atoms with Gasteiger partial charge in [0.25, 0.3) is 0 Å². The van der Waals surface area contributed by atoms with E-state index in [2.05, 4.69) is 20.9 Å². The van der Waals surface area contributed by atoms with Crippen LogP contribution in [0, 0.1) is 0 Å². The lowest BCUT2D eigenvalue weighted by Crippen LogP contribution is -1.99. The van der Waals surface area contributed by atoms with Gasteiger partial charge in [0.15, 0.2) is 0 Å². The number of aromatic nitrogens is 1. The Labute approximate surface area is 99.1 Å². The summed E-state index contributed by atoms with van der Waals surface area (Å²) in [5.41, 5.74) is 8.51. The Bertz CT molecular complexity index is 496. The van der Waals surface area contributed by atoms with Crippen LogP contribution in [0.5, 0.6) is 0 Å². The number of ketones is 1. The first-order valence-electron chi connectivity index (χ1n) is 4.16. The molecule has 0 aliphatic heterocycles. The zero-order valence-electron chi connectivity index (χ0n) is 7.61. The molecule has 0 aliphatic rings. The molecule has 0 spiro atoms. The SMILES string of the molecule is Nc1ccc(C(=O)c2cncs2)cc1Br. The predicted octanol–water partition coefficient (Wildman–Crippen LogP) is 2.72. The maximum absolute atomic E-state index is 11.9. The number of thiazole rings is 1. The highest BCUT2D eigenvalue weighted by Gasteiger charge is 2.11. The molecule has 0 saturated carbocycles. The molecular formula is C10H7BrN2OS. The van der Waals surface area contributed by atoms with Crippen LogP contribution in [0.1, 0.15) is 15.2 Å². The molecule has 1 aromatic carbocycles. The van der Waals surface area contributed by atoms with Gasteiger partial charge in [-0.05, 0) is 34.1 Å². The molecule has 1 heterocycles. The molecule has 5 heteroatoms. The maximum Gasteiger partial charge on any atom is 0.204 e. The summed E-state index contributed by atoms with van der Waals surface area (Å²) in [6.07, 6.45) is 1.57. The first-order chi connectivity index (χ1) is 7.18. The fourth-order valence-electron chi connectivity index (χ4n) is 1.14. The van der Waals surface area contributed by atoms with Crippen molar-refractivity contribution in [1.29, 1.82) is 0 Å². The van der Waals surface area contributed by atoms with Crippen molar-refractivity contribution in [2.24, 2.45) is 0 Å². The van der Waals surface area contributed by atoms with E-state index in [1.807, 2.05) is 0 Å². The van der Waals surface area contributed by atoms with Crippen LogP contribution in [0.15, 0.2) is 34.4 Å². The molecule has 0 saturated heterocycles. The van der Waals surface area contributed by atoms with Gasteiger partial charge in [-0.3, -0.25) is 9.78 Å². The van der Waals surface area contributed by atoms with Crippen LogP contribution in [0.3, 0.4) is 0 Å². The Kier molecular flexibility index (Phi) is 2.83. The third-order valence-electron chi connectivity index (χ3n) is 1.92. The highest BCUT2D eigenvalue weighted by Crippen LogP contribution is 2.22. The first-order valence-corrected chi connectivity index (χ1v) is 5.84. The van der Waals surface area contributed by atoms with E-state index in [1.54, 1.807) is 29.9 Å². The fraction of sp³-hybridized carbons (Fsp3) is 0. The van der Waals surface area contributed by atoms with Gasteiger partial charge in [-0.15, -0.1) is 11.3 Å². The van der Waals surface area contributed by atoms with Crippen LogP contribution in [0.25, 0.3) is 0 Å². The van der Waals surface area contributed by atoms with Crippen molar-refractivity contribution in [3.63, 3.8) is 0 Å². The van der Waals surface area contributed by atoms with Crippen LogP contribution in [0.4, 0.5) is 5.69 Å². The molecule has 15 heavy (non-hydrogen) atoms. The topological polar surface area (TPSA) is 56.0 Å². The summed E-state index contributed by atoms with van der Waals surface area (Å²) >= 11 is 4.62. The van der Waals surface area contributed by atoms with Crippen molar-refractivity contribution in [2.75, 3.05) is 5.73 Å². The fourth-order valence-corrected chi connectivity index (χ4v) is 2.10. The van der Waals surface area contributed by atoms with Crippen molar-refractivity contribution in [1.82, 2.24) is 4.98 Å². The smallest absolute Gasteiger partial charge is 0.204 e. The van der Waals surface area contributed by atoms with Gasteiger partial charge in [-0.1, -0.05) is 0 Å². The minimum atomic E-state index is -0.0294. The van der Waals surface area contributed by atoms with E-state index in [9.17, 15) is 4.79 Å². The summed E-state index contributed by atoms with van der Waals surface area (Å²) < 4.78 is 0.734. The summed E-state index contributed by atoms with van der Waals surface area (Å²) in [4.78, 5) is 16.4. The zero-order chi connectivity index (χ0) is 10.8. The van der Waals surface area contributed by atoms with Crippen LogP contribution in [-0.2, 0) is 0 Å². The second kappa shape index (κ2) is 4.12. The van der Waals surface area contributed by atoms with Crippen LogP contribution in [0.2, 0.25) is 0 Å². The molecule has 76 valence electrons. The Morgan fingerprint density at radius 3 is 2.87 bits per heavy atom. The Hall–Kier alpha value is -1.20. The molecule has 0 bridgehead atoms. The van der Waals surface area contributed by atoms with Crippen molar-refractivity contribution >= 4 is 38.7 Å². The molecule has 2 rings (SSSR count). The van der Waals surface area contributed by atoms with Crippen LogP contribution < -0.4 is 5.73 Å². The number of nitrogens with two attached hydrogens (primary N) is 1. The van der Waals surface area contributed by atoms with Crippen molar-refractivity contribution in [3.05, 3.63) is 44.8 Å². The quantitative estimate of drug-likeness (QED) is 0.681. The van der Waals surface area contributed by atoms with Gasteiger partial charge >= 0.3 is 0 Å². The number of nitrogens with zero attached hydrogens (tertiary/aromatic N) is 1. The number of nitrogen functional groups attached to an aromatic ring is 1. The molecule has 0 aliphatic carbocycles. The Morgan fingerprint density at radius 2 is 2.27 bits per heavy atom. The Morgan fingerprint density at radius 1 is 1.47 bits per heavy atom. The van der Waals surface area contributed by atoms with Crippen molar-refractivity contribution in [2.45, 2.75) is 0 Å². The molecule has 0 atom stereocenters. The number of hydrogen-bond acceptors (Lipinski definition) is 4. The van der Waals surface area contributed by atoms with Gasteiger partial charge < -0.3 is 5.73 Å². The van der Waals surface area contributed by atoms with E-state index < -0.39 is 0 Å². The number of benzene rings is 1. The molecule has 0 unspecified atom stereocenters. The predicted molar refractivity (Wildman–Crippen MR) is 64.1 cm³/mol. The van der Waals surface area contributed by atoms with E-state index in [1.165, 1.54) is 11.3 Å². The molecular weight excluding hydrogens is 276 g/mol. The second-order valence-electron chi connectivity index (χ2n) is 2.93. The normalized spacial score (nSPS) is 10.2. The van der Waals surface area contributed by atoms with Gasteiger partial charge in [0.1, 0.15) is 0 Å². The summed E-state index contributed by atoms with van der Waals surface area (Å²) in [5.74, 6) is -0.0294. The number of hydrogen-bond donors (Lipinski definition) is 1. The summed E-state index contributed by atoms with van der Waals surface area (Å²) in [6.45, 7) is 0. The van der Waals surface area contributed by atoms with Gasteiger partial charge in [0, 0.05) is 21.9 Å². The molecule has 0 radical (unpaired) electrons.